The summed E-state index contributed by atoms with van der Waals surface area (Å²) in [7, 11) is -3.91. The van der Waals surface area contributed by atoms with Gasteiger partial charge in [-0.2, -0.15) is 0 Å². The number of hydrogen-bond donors (Lipinski definition) is 2. The standard InChI is InChI=1S/C19H21Cl2N3O4S/c20-15-3-6-17(21)18(13-15)29(26,27)23-16-4-1-14(2-5-16)19(25)22-7-8-24-9-11-28-12-10-24/h1-6,13,23H,7-12H2,(H,22,25). The van der Waals surface area contributed by atoms with Crippen LogP contribution in [-0.2, 0) is 14.8 Å². The Morgan fingerprint density at radius 2 is 1.76 bits per heavy atom. The number of nitrogens with one attached hydrogen (secondary N) is 2. The SMILES string of the molecule is O=C(NCCN1CCOCC1)c1ccc(NS(=O)(=O)c2cc(Cl)ccc2Cl)cc1. The van der Waals surface area contributed by atoms with Gasteiger partial charge in [0.15, 0.2) is 0 Å². The molecule has 1 aliphatic rings. The molecule has 1 amide bonds. The molecule has 7 nitrogen and oxygen atoms in total. The average molecular weight is 458 g/mol. The van der Waals surface area contributed by atoms with Gasteiger partial charge in [-0.1, -0.05) is 23.2 Å². The lowest BCUT2D eigenvalue weighted by atomic mass is 10.2. The van der Waals surface area contributed by atoms with E-state index in [4.69, 9.17) is 27.9 Å². The zero-order valence-corrected chi connectivity index (χ0v) is 17.9. The van der Waals surface area contributed by atoms with Gasteiger partial charge in [-0.05, 0) is 42.5 Å². The lowest BCUT2D eigenvalue weighted by molar-refractivity contribution is 0.0383. The Morgan fingerprint density at radius 1 is 1.07 bits per heavy atom. The minimum atomic E-state index is -3.91. The van der Waals surface area contributed by atoms with Crippen LogP contribution in [0.1, 0.15) is 10.4 Å². The molecule has 1 fully saturated rings. The van der Waals surface area contributed by atoms with Crippen LogP contribution < -0.4 is 10.0 Å². The number of halogens is 2. The fraction of sp³-hybridized carbons (Fsp3) is 0.316. The number of carbonyl (C=O) groups excluding carboxylic acids is 1. The van der Waals surface area contributed by atoms with Gasteiger partial charge in [0.2, 0.25) is 0 Å². The molecule has 1 saturated heterocycles. The summed E-state index contributed by atoms with van der Waals surface area (Å²) >= 11 is 11.8. The van der Waals surface area contributed by atoms with Gasteiger partial charge in [0.1, 0.15) is 4.90 Å². The number of ether oxygens (including phenoxy) is 1. The van der Waals surface area contributed by atoms with Gasteiger partial charge in [0.25, 0.3) is 15.9 Å². The molecule has 0 unspecified atom stereocenters. The van der Waals surface area contributed by atoms with E-state index in [9.17, 15) is 13.2 Å². The van der Waals surface area contributed by atoms with Gasteiger partial charge in [0.05, 0.1) is 18.2 Å². The van der Waals surface area contributed by atoms with Crippen molar-refractivity contribution in [3.63, 3.8) is 0 Å². The monoisotopic (exact) mass is 457 g/mol. The second-order valence-corrected chi connectivity index (χ2v) is 8.96. The lowest BCUT2D eigenvalue weighted by Crippen LogP contribution is -2.41. The second-order valence-electron chi connectivity index (χ2n) is 6.47. The molecule has 0 aromatic heterocycles. The summed E-state index contributed by atoms with van der Waals surface area (Å²) in [5, 5.41) is 3.19. The molecule has 0 atom stereocenters. The maximum atomic E-state index is 12.5. The number of benzene rings is 2. The van der Waals surface area contributed by atoms with Gasteiger partial charge in [-0.15, -0.1) is 0 Å². The first-order valence-corrected chi connectivity index (χ1v) is 11.3. The van der Waals surface area contributed by atoms with Gasteiger partial charge >= 0.3 is 0 Å². The number of morpholine rings is 1. The van der Waals surface area contributed by atoms with Gasteiger partial charge in [-0.25, -0.2) is 8.42 Å². The smallest absolute Gasteiger partial charge is 0.263 e. The molecule has 2 aromatic rings. The predicted octanol–water partition coefficient (Wildman–Crippen LogP) is 2.86. The van der Waals surface area contributed by atoms with Gasteiger partial charge < -0.3 is 10.1 Å². The number of rotatable bonds is 7. The predicted molar refractivity (Wildman–Crippen MR) is 113 cm³/mol. The van der Waals surface area contributed by atoms with E-state index in [2.05, 4.69) is 14.9 Å². The van der Waals surface area contributed by atoms with Crippen molar-refractivity contribution in [2.24, 2.45) is 0 Å². The summed E-state index contributed by atoms with van der Waals surface area (Å²) in [6.45, 7) is 4.44. The van der Waals surface area contributed by atoms with Crippen molar-refractivity contribution in [1.29, 1.82) is 0 Å². The molecule has 0 bridgehead atoms. The number of nitrogens with zero attached hydrogens (tertiary/aromatic N) is 1. The van der Waals surface area contributed by atoms with E-state index in [0.717, 1.165) is 19.6 Å². The number of anilines is 1. The van der Waals surface area contributed by atoms with Crippen molar-refractivity contribution in [1.82, 2.24) is 10.2 Å². The van der Waals surface area contributed by atoms with Crippen LogP contribution in [0.25, 0.3) is 0 Å². The highest BCUT2D eigenvalue weighted by atomic mass is 35.5. The van der Waals surface area contributed by atoms with Crippen LogP contribution in [-0.4, -0.2) is 58.6 Å². The van der Waals surface area contributed by atoms with Crippen molar-refractivity contribution >= 4 is 44.8 Å². The van der Waals surface area contributed by atoms with Crippen molar-refractivity contribution in [2.45, 2.75) is 4.90 Å². The quantitative estimate of drug-likeness (QED) is 0.667. The topological polar surface area (TPSA) is 87.7 Å². The minimum Gasteiger partial charge on any atom is -0.379 e. The Hall–Kier alpha value is -1.84. The Kier molecular flexibility index (Phi) is 7.37. The van der Waals surface area contributed by atoms with E-state index in [1.165, 1.54) is 30.3 Å². The molecule has 0 spiro atoms. The molecule has 10 heteroatoms. The van der Waals surface area contributed by atoms with Crippen LogP contribution >= 0.6 is 23.2 Å². The highest BCUT2D eigenvalue weighted by molar-refractivity contribution is 7.92. The van der Waals surface area contributed by atoms with Crippen LogP contribution in [0.15, 0.2) is 47.4 Å². The maximum Gasteiger partial charge on any atom is 0.263 e. The molecule has 2 N–H and O–H groups in total. The number of carbonyl (C=O) groups is 1. The lowest BCUT2D eigenvalue weighted by Gasteiger charge is -2.26. The molecule has 2 aromatic carbocycles. The summed E-state index contributed by atoms with van der Waals surface area (Å²) in [6, 6.07) is 10.4. The number of amides is 1. The summed E-state index contributed by atoms with van der Waals surface area (Å²) < 4.78 is 32.8. The van der Waals surface area contributed by atoms with E-state index in [1.807, 2.05) is 0 Å². The Morgan fingerprint density at radius 3 is 2.45 bits per heavy atom. The van der Waals surface area contributed by atoms with Crippen LogP contribution in [0, 0.1) is 0 Å². The van der Waals surface area contributed by atoms with Gasteiger partial charge in [-0.3, -0.25) is 14.4 Å². The van der Waals surface area contributed by atoms with E-state index < -0.39 is 10.0 Å². The fourth-order valence-electron chi connectivity index (χ4n) is 2.84. The van der Waals surface area contributed by atoms with Crippen molar-refractivity contribution in [3.05, 3.63) is 58.1 Å². The maximum absolute atomic E-state index is 12.5. The fourth-order valence-corrected chi connectivity index (χ4v) is 4.66. The third-order valence-corrected chi connectivity index (χ3v) is 6.50. The molecule has 0 radical (unpaired) electrons. The van der Waals surface area contributed by atoms with Crippen LogP contribution in [0.3, 0.4) is 0 Å². The molecule has 3 rings (SSSR count). The van der Waals surface area contributed by atoms with Crippen LogP contribution in [0.5, 0.6) is 0 Å². The van der Waals surface area contributed by atoms with E-state index >= 15 is 0 Å². The van der Waals surface area contributed by atoms with Crippen LogP contribution in [0.2, 0.25) is 10.0 Å². The Labute approximate surface area is 180 Å². The molecule has 1 heterocycles. The van der Waals surface area contributed by atoms with E-state index in [1.54, 1.807) is 12.1 Å². The van der Waals surface area contributed by atoms with Crippen molar-refractivity contribution in [2.75, 3.05) is 44.1 Å². The minimum absolute atomic E-state index is 0.0677. The second kappa shape index (κ2) is 9.77. The first-order valence-electron chi connectivity index (χ1n) is 9.01. The number of sulfonamides is 1. The summed E-state index contributed by atoms with van der Waals surface area (Å²) in [5.41, 5.74) is 0.752. The largest absolute Gasteiger partial charge is 0.379 e. The van der Waals surface area contributed by atoms with Crippen molar-refractivity contribution in [3.8, 4) is 0 Å². The summed E-state index contributed by atoms with van der Waals surface area (Å²) in [5.74, 6) is -0.217. The average Bonchev–Trinajstić information content (AvgIpc) is 2.70. The van der Waals surface area contributed by atoms with E-state index in [-0.39, 0.29) is 20.8 Å². The Balaban J connectivity index is 1.57. The third-order valence-electron chi connectivity index (χ3n) is 4.40. The van der Waals surface area contributed by atoms with Crippen LogP contribution in [0.4, 0.5) is 5.69 Å². The molecule has 29 heavy (non-hydrogen) atoms. The molecular formula is C19H21Cl2N3O4S. The molecule has 156 valence electrons. The zero-order chi connectivity index (χ0) is 20.9. The first-order chi connectivity index (χ1) is 13.8. The molecule has 0 aliphatic carbocycles. The highest BCUT2D eigenvalue weighted by Gasteiger charge is 2.19. The molecule has 1 aliphatic heterocycles. The molecule has 0 saturated carbocycles. The van der Waals surface area contributed by atoms with Gasteiger partial charge in [0, 0.05) is 42.5 Å². The third kappa shape index (κ3) is 6.07. The molecular weight excluding hydrogens is 437 g/mol. The van der Waals surface area contributed by atoms with Crippen molar-refractivity contribution < 1.29 is 17.9 Å². The Bertz CT molecular complexity index is 962. The first kappa shape index (κ1) is 21.9. The normalized spacial score (nSPS) is 15.1. The summed E-state index contributed by atoms with van der Waals surface area (Å²) in [4.78, 5) is 14.4. The zero-order valence-electron chi connectivity index (χ0n) is 15.5. The highest BCUT2D eigenvalue weighted by Crippen LogP contribution is 2.26. The van der Waals surface area contributed by atoms with E-state index in [0.29, 0.717) is 31.0 Å². The number of hydrogen-bond acceptors (Lipinski definition) is 5. The summed E-state index contributed by atoms with van der Waals surface area (Å²) in [6.07, 6.45) is 0.